The van der Waals surface area contributed by atoms with Crippen LogP contribution in [-0.2, 0) is 10.0 Å². The Labute approximate surface area is 90.9 Å². The number of aromatic nitrogens is 3. The van der Waals surface area contributed by atoms with Crippen LogP contribution in [0.15, 0.2) is 0 Å². The van der Waals surface area contributed by atoms with Crippen LogP contribution < -0.4 is 4.72 Å². The summed E-state index contributed by atoms with van der Waals surface area (Å²) in [5, 5.41) is 6.93. The maximum Gasteiger partial charge on any atom is 0.238 e. The van der Waals surface area contributed by atoms with Gasteiger partial charge in [0.15, 0.2) is 0 Å². The molecular weight excluding hydrogens is 248 g/mol. The van der Waals surface area contributed by atoms with Gasteiger partial charge >= 0.3 is 0 Å². The molecule has 0 spiro atoms. The van der Waals surface area contributed by atoms with Crippen LogP contribution in [0.1, 0.15) is 12.8 Å². The third-order valence-electron chi connectivity index (χ3n) is 1.34. The van der Waals surface area contributed by atoms with Gasteiger partial charge in [-0.25, -0.2) is 8.42 Å². The summed E-state index contributed by atoms with van der Waals surface area (Å²) < 4.78 is 28.4. The summed E-state index contributed by atoms with van der Waals surface area (Å²) in [7, 11) is -3.32. The van der Waals surface area contributed by atoms with E-state index in [2.05, 4.69) is 19.5 Å². The molecular formula is C5H9ClN4O2S2. The smallest absolute Gasteiger partial charge is 0.238 e. The zero-order valence-corrected chi connectivity index (χ0v) is 9.57. The topological polar surface area (TPSA) is 84.8 Å². The molecule has 0 fully saturated rings. The average molecular weight is 257 g/mol. The molecule has 0 amide bonds. The number of sulfonamides is 1. The molecule has 1 N–H and O–H groups in total. The Hall–Kier alpha value is -0.470. The molecule has 0 saturated carbocycles. The maximum atomic E-state index is 11.3. The van der Waals surface area contributed by atoms with E-state index in [4.69, 9.17) is 11.6 Å². The molecule has 0 aliphatic rings. The minimum Gasteiger partial charge on any atom is -0.256 e. The highest BCUT2D eigenvalue weighted by molar-refractivity contribution is 7.92. The Morgan fingerprint density at radius 1 is 1.43 bits per heavy atom. The van der Waals surface area contributed by atoms with Gasteiger partial charge in [0.25, 0.3) is 0 Å². The van der Waals surface area contributed by atoms with Crippen LogP contribution in [0, 0.1) is 0 Å². The molecule has 0 aliphatic heterocycles. The fourth-order valence-corrected chi connectivity index (χ4v) is 2.68. The Morgan fingerprint density at radius 2 is 2.21 bits per heavy atom. The highest BCUT2D eigenvalue weighted by atomic mass is 35.5. The Bertz CT molecular complexity index is 352. The van der Waals surface area contributed by atoms with E-state index in [1.54, 1.807) is 0 Å². The molecule has 0 aliphatic carbocycles. The van der Waals surface area contributed by atoms with Crippen LogP contribution in [0.4, 0.5) is 5.13 Å². The molecule has 1 rings (SSSR count). The van der Waals surface area contributed by atoms with Gasteiger partial charge in [0.05, 0.1) is 5.75 Å². The number of nitrogens with zero attached hydrogens (tertiary/aromatic N) is 3. The molecule has 0 aromatic carbocycles. The predicted molar refractivity (Wildman–Crippen MR) is 55.1 cm³/mol. The van der Waals surface area contributed by atoms with Crippen molar-refractivity contribution in [2.75, 3.05) is 16.4 Å². The van der Waals surface area contributed by atoms with Crippen LogP contribution in [0.5, 0.6) is 0 Å². The molecule has 0 atom stereocenters. The van der Waals surface area contributed by atoms with Crippen LogP contribution in [0.3, 0.4) is 0 Å². The summed E-state index contributed by atoms with van der Waals surface area (Å²) in [6.45, 7) is 0. The molecule has 1 aromatic heterocycles. The fraction of sp³-hybridized carbons (Fsp3) is 0.800. The highest BCUT2D eigenvalue weighted by Gasteiger charge is 2.11. The largest absolute Gasteiger partial charge is 0.256 e. The number of anilines is 1. The van der Waals surface area contributed by atoms with Crippen molar-refractivity contribution in [2.45, 2.75) is 12.8 Å². The quantitative estimate of drug-likeness (QED) is 0.598. The first-order valence-corrected chi connectivity index (χ1v) is 6.81. The van der Waals surface area contributed by atoms with E-state index >= 15 is 0 Å². The van der Waals surface area contributed by atoms with Gasteiger partial charge in [-0.05, 0) is 18.1 Å². The number of alkyl halides is 1. The van der Waals surface area contributed by atoms with Gasteiger partial charge in [-0.15, -0.1) is 11.6 Å². The minimum atomic E-state index is -3.32. The molecule has 0 radical (unpaired) electrons. The van der Waals surface area contributed by atoms with Crippen molar-refractivity contribution in [1.29, 1.82) is 0 Å². The second kappa shape index (κ2) is 5.42. The third-order valence-corrected chi connectivity index (χ3v) is 3.58. The zero-order valence-electron chi connectivity index (χ0n) is 7.18. The maximum absolute atomic E-state index is 11.3. The molecule has 1 heterocycles. The first-order chi connectivity index (χ1) is 6.64. The van der Waals surface area contributed by atoms with Crippen molar-refractivity contribution in [3.63, 3.8) is 0 Å². The summed E-state index contributed by atoms with van der Waals surface area (Å²) in [4.78, 5) is 0. The van der Waals surface area contributed by atoms with E-state index < -0.39 is 10.0 Å². The first kappa shape index (κ1) is 11.6. The van der Waals surface area contributed by atoms with Crippen LogP contribution in [0.2, 0.25) is 0 Å². The predicted octanol–water partition coefficient (Wildman–Crippen LogP) is 0.694. The summed E-state index contributed by atoms with van der Waals surface area (Å²) in [5.41, 5.74) is 0. The Morgan fingerprint density at radius 3 is 2.79 bits per heavy atom. The standard InChI is InChI=1S/C5H9ClN4O2S2/c6-3-1-2-4-14(11,12)8-5-7-9-10-13-5/h1-4H2,(H,7,8,10). The Balaban J connectivity index is 2.42. The number of unbranched alkanes of at least 4 members (excludes halogenated alkanes) is 1. The summed E-state index contributed by atoms with van der Waals surface area (Å²) in [6.07, 6.45) is 1.21. The molecule has 0 unspecified atom stereocenters. The van der Waals surface area contributed by atoms with E-state index in [0.717, 1.165) is 11.5 Å². The lowest BCUT2D eigenvalue weighted by atomic mass is 10.4. The lowest BCUT2D eigenvalue weighted by molar-refractivity contribution is 0.598. The summed E-state index contributed by atoms with van der Waals surface area (Å²) in [6, 6.07) is 0. The van der Waals surface area contributed by atoms with Crippen LogP contribution >= 0.6 is 23.1 Å². The second-order valence-corrected chi connectivity index (χ2v) is 5.44. The van der Waals surface area contributed by atoms with Gasteiger partial charge in [-0.1, -0.05) is 9.59 Å². The van der Waals surface area contributed by atoms with E-state index in [1.807, 2.05) is 0 Å². The number of hydrogen-bond donors (Lipinski definition) is 1. The number of hydrogen-bond acceptors (Lipinski definition) is 6. The highest BCUT2D eigenvalue weighted by Crippen LogP contribution is 2.08. The number of halogens is 1. The van der Waals surface area contributed by atoms with Crippen molar-refractivity contribution in [3.8, 4) is 0 Å². The minimum absolute atomic E-state index is 0.0410. The van der Waals surface area contributed by atoms with Crippen molar-refractivity contribution in [2.24, 2.45) is 0 Å². The fourth-order valence-electron chi connectivity index (χ4n) is 0.744. The zero-order chi connectivity index (χ0) is 10.4. The van der Waals surface area contributed by atoms with Gasteiger partial charge < -0.3 is 0 Å². The second-order valence-electron chi connectivity index (χ2n) is 2.48. The Kier molecular flexibility index (Phi) is 4.49. The van der Waals surface area contributed by atoms with Crippen molar-refractivity contribution in [1.82, 2.24) is 14.8 Å². The molecule has 9 heteroatoms. The SMILES string of the molecule is O=S(=O)(CCCCCl)Nc1nnns1. The number of rotatable bonds is 6. The lowest BCUT2D eigenvalue weighted by Gasteiger charge is -2.02. The third kappa shape index (κ3) is 4.16. The molecule has 0 bridgehead atoms. The van der Waals surface area contributed by atoms with Gasteiger partial charge in [0.1, 0.15) is 0 Å². The molecule has 80 valence electrons. The first-order valence-electron chi connectivity index (χ1n) is 3.85. The van der Waals surface area contributed by atoms with E-state index in [1.165, 1.54) is 0 Å². The summed E-state index contributed by atoms with van der Waals surface area (Å²) in [5.74, 6) is 0.509. The lowest BCUT2D eigenvalue weighted by Crippen LogP contribution is -2.16. The van der Waals surface area contributed by atoms with Gasteiger partial charge in [-0.3, -0.25) is 4.72 Å². The van der Waals surface area contributed by atoms with E-state index in [0.29, 0.717) is 18.7 Å². The molecule has 14 heavy (non-hydrogen) atoms. The van der Waals surface area contributed by atoms with Gasteiger partial charge in [0, 0.05) is 17.4 Å². The van der Waals surface area contributed by atoms with Crippen molar-refractivity contribution >= 4 is 38.3 Å². The monoisotopic (exact) mass is 256 g/mol. The van der Waals surface area contributed by atoms with Crippen LogP contribution in [0.25, 0.3) is 0 Å². The van der Waals surface area contributed by atoms with E-state index in [-0.39, 0.29) is 10.9 Å². The van der Waals surface area contributed by atoms with Crippen LogP contribution in [-0.4, -0.2) is 34.9 Å². The normalized spacial score (nSPS) is 11.5. The van der Waals surface area contributed by atoms with Crippen molar-refractivity contribution < 1.29 is 8.42 Å². The molecule has 1 aromatic rings. The number of nitrogens with one attached hydrogen (secondary N) is 1. The van der Waals surface area contributed by atoms with Crippen molar-refractivity contribution in [3.05, 3.63) is 0 Å². The average Bonchev–Trinajstić information content (AvgIpc) is 2.56. The summed E-state index contributed by atoms with van der Waals surface area (Å²) >= 11 is 6.33. The van der Waals surface area contributed by atoms with Gasteiger partial charge in [0.2, 0.25) is 15.2 Å². The molecule has 6 nitrogen and oxygen atoms in total. The molecule has 0 saturated heterocycles. The van der Waals surface area contributed by atoms with E-state index in [9.17, 15) is 8.42 Å². The van der Waals surface area contributed by atoms with Gasteiger partial charge in [-0.2, -0.15) is 0 Å².